The van der Waals surface area contributed by atoms with Gasteiger partial charge in [0.1, 0.15) is 11.8 Å². The van der Waals surface area contributed by atoms with E-state index in [1.807, 2.05) is 0 Å². The maximum absolute atomic E-state index is 13.5. The maximum Gasteiger partial charge on any atom is 0.318 e. The minimum Gasteiger partial charge on any atom is -0.468 e. The number of rotatable bonds is 4. The van der Waals surface area contributed by atoms with Crippen molar-refractivity contribution in [3.8, 4) is 0 Å². The van der Waals surface area contributed by atoms with Crippen molar-refractivity contribution in [1.82, 2.24) is 4.90 Å². The van der Waals surface area contributed by atoms with Crippen molar-refractivity contribution in [2.75, 3.05) is 21.3 Å². The molecule has 2 aromatic carbocycles. The average Bonchev–Trinajstić information content (AvgIpc) is 2.74. The van der Waals surface area contributed by atoms with E-state index in [4.69, 9.17) is 32.7 Å². The lowest BCUT2D eigenvalue weighted by Crippen LogP contribution is -2.54. The van der Waals surface area contributed by atoms with E-state index in [0.29, 0.717) is 21.2 Å². The Bertz CT molecular complexity index is 904. The number of hydrogen-bond donors (Lipinski definition) is 0. The molecule has 0 N–H and O–H groups in total. The summed E-state index contributed by atoms with van der Waals surface area (Å²) in [6.45, 7) is 0. The lowest BCUT2D eigenvalue weighted by molar-refractivity contribution is -0.167. The van der Waals surface area contributed by atoms with E-state index in [9.17, 15) is 14.4 Å². The SMILES string of the molecule is COC(=O)C1C(=O)C(C(=O)OC)C(c2ccccc2Cl)N(C)C1c1ccccc1Cl. The molecule has 1 aliphatic rings. The molecule has 3 rings (SSSR count). The van der Waals surface area contributed by atoms with E-state index < -0.39 is 41.6 Å². The van der Waals surface area contributed by atoms with Crippen molar-refractivity contribution in [2.24, 2.45) is 11.8 Å². The molecule has 0 radical (unpaired) electrons. The first-order valence-corrected chi connectivity index (χ1v) is 9.99. The Hall–Kier alpha value is -2.41. The highest BCUT2D eigenvalue weighted by Crippen LogP contribution is 2.48. The Morgan fingerprint density at radius 2 is 1.17 bits per heavy atom. The Kier molecular flexibility index (Phi) is 6.81. The van der Waals surface area contributed by atoms with Crippen LogP contribution in [0.4, 0.5) is 0 Å². The van der Waals surface area contributed by atoms with E-state index >= 15 is 0 Å². The summed E-state index contributed by atoms with van der Waals surface area (Å²) in [6.07, 6.45) is 0. The van der Waals surface area contributed by atoms with E-state index in [1.165, 1.54) is 14.2 Å². The molecule has 8 heteroatoms. The molecule has 4 unspecified atom stereocenters. The van der Waals surface area contributed by atoms with Crippen LogP contribution in [0.2, 0.25) is 10.0 Å². The molecule has 0 aromatic heterocycles. The zero-order chi connectivity index (χ0) is 22.0. The number of methoxy groups -OCH3 is 2. The minimum absolute atomic E-state index is 0.394. The fraction of sp³-hybridized carbons (Fsp3) is 0.318. The van der Waals surface area contributed by atoms with Crippen LogP contribution in [0.3, 0.4) is 0 Å². The molecule has 1 fully saturated rings. The smallest absolute Gasteiger partial charge is 0.318 e. The van der Waals surface area contributed by atoms with Crippen molar-refractivity contribution in [3.63, 3.8) is 0 Å². The normalized spacial score (nSPS) is 24.4. The molecule has 158 valence electrons. The first-order valence-electron chi connectivity index (χ1n) is 9.23. The number of carbonyl (C=O) groups is 3. The van der Waals surface area contributed by atoms with Gasteiger partial charge in [-0.15, -0.1) is 0 Å². The molecule has 1 aliphatic heterocycles. The van der Waals surface area contributed by atoms with Crippen LogP contribution in [0.1, 0.15) is 23.2 Å². The number of nitrogens with zero attached hydrogens (tertiary/aromatic N) is 1. The number of Topliss-reactive ketones (excluding diaryl/α,β-unsaturated/α-hetero) is 1. The van der Waals surface area contributed by atoms with Crippen molar-refractivity contribution in [3.05, 3.63) is 69.7 Å². The van der Waals surface area contributed by atoms with Crippen LogP contribution in [0.25, 0.3) is 0 Å². The zero-order valence-corrected chi connectivity index (χ0v) is 18.2. The fourth-order valence-corrected chi connectivity index (χ4v) is 4.61. The number of likely N-dealkylation sites (tertiary alicyclic amines) is 1. The Morgan fingerprint density at radius 1 is 0.800 bits per heavy atom. The third-order valence-electron chi connectivity index (χ3n) is 5.48. The minimum atomic E-state index is -1.26. The second-order valence-electron chi connectivity index (χ2n) is 7.00. The molecule has 6 nitrogen and oxygen atoms in total. The second kappa shape index (κ2) is 9.16. The standard InChI is InChI=1S/C22H21Cl2NO5/c1-25-18(12-8-4-6-10-14(12)23)16(21(27)29-2)20(26)17(22(28)30-3)19(25)13-9-5-7-11-15(13)24/h4-11,16-19H,1-3H3. The predicted octanol–water partition coefficient (Wildman–Crippen LogP) is 3.87. The third kappa shape index (κ3) is 3.83. The quantitative estimate of drug-likeness (QED) is 0.520. The van der Waals surface area contributed by atoms with Gasteiger partial charge in [0, 0.05) is 10.0 Å². The number of piperidine rings is 1. The fourth-order valence-electron chi connectivity index (χ4n) is 4.12. The number of ether oxygens (including phenoxy) is 2. The first-order chi connectivity index (χ1) is 14.3. The number of halogens is 2. The molecule has 0 amide bonds. The number of hydrogen-bond acceptors (Lipinski definition) is 6. The van der Waals surface area contributed by atoms with E-state index in [2.05, 4.69) is 0 Å². The lowest BCUT2D eigenvalue weighted by Gasteiger charge is -2.46. The molecular formula is C22H21Cl2NO5. The largest absolute Gasteiger partial charge is 0.468 e. The molecule has 2 aromatic rings. The van der Waals surface area contributed by atoms with E-state index in [1.54, 1.807) is 60.5 Å². The van der Waals surface area contributed by atoms with Gasteiger partial charge in [0.2, 0.25) is 0 Å². The van der Waals surface area contributed by atoms with E-state index in [0.717, 1.165) is 0 Å². The number of carbonyl (C=O) groups excluding carboxylic acids is 3. The van der Waals surface area contributed by atoms with Gasteiger partial charge in [-0.3, -0.25) is 19.3 Å². The van der Waals surface area contributed by atoms with Crippen LogP contribution in [-0.4, -0.2) is 43.9 Å². The lowest BCUT2D eigenvalue weighted by atomic mass is 9.73. The average molecular weight is 450 g/mol. The van der Waals surface area contributed by atoms with Gasteiger partial charge in [-0.2, -0.15) is 0 Å². The summed E-state index contributed by atoms with van der Waals surface area (Å²) in [7, 11) is 4.12. The monoisotopic (exact) mass is 449 g/mol. The number of esters is 2. The zero-order valence-electron chi connectivity index (χ0n) is 16.7. The van der Waals surface area contributed by atoms with Crippen molar-refractivity contribution >= 4 is 40.9 Å². The Labute approximate surface area is 184 Å². The highest BCUT2D eigenvalue weighted by molar-refractivity contribution is 6.32. The van der Waals surface area contributed by atoms with Crippen LogP contribution in [0.15, 0.2) is 48.5 Å². The number of ketones is 1. The molecule has 1 saturated heterocycles. The Balaban J connectivity index is 2.25. The molecule has 0 saturated carbocycles. The van der Waals surface area contributed by atoms with Gasteiger partial charge in [0.05, 0.1) is 26.3 Å². The molecule has 30 heavy (non-hydrogen) atoms. The van der Waals surface area contributed by atoms with Gasteiger partial charge in [0.25, 0.3) is 0 Å². The van der Waals surface area contributed by atoms with Gasteiger partial charge in [-0.1, -0.05) is 59.6 Å². The maximum atomic E-state index is 13.5. The van der Waals surface area contributed by atoms with Gasteiger partial charge < -0.3 is 9.47 Å². The third-order valence-corrected chi connectivity index (χ3v) is 6.17. The second-order valence-corrected chi connectivity index (χ2v) is 7.82. The molecule has 4 atom stereocenters. The summed E-state index contributed by atoms with van der Waals surface area (Å²) < 4.78 is 9.84. The molecule has 1 heterocycles. The summed E-state index contributed by atoms with van der Waals surface area (Å²) in [5, 5.41) is 0.788. The van der Waals surface area contributed by atoms with Crippen LogP contribution < -0.4 is 0 Å². The molecule has 0 aliphatic carbocycles. The van der Waals surface area contributed by atoms with Crippen LogP contribution in [-0.2, 0) is 23.9 Å². The van der Waals surface area contributed by atoms with Gasteiger partial charge in [0.15, 0.2) is 5.78 Å². The van der Waals surface area contributed by atoms with Crippen LogP contribution in [0, 0.1) is 11.8 Å². The molecule has 0 spiro atoms. The van der Waals surface area contributed by atoms with Crippen molar-refractivity contribution in [2.45, 2.75) is 12.1 Å². The summed E-state index contributed by atoms with van der Waals surface area (Å²) in [6, 6.07) is 12.4. The van der Waals surface area contributed by atoms with Gasteiger partial charge >= 0.3 is 11.9 Å². The molecule has 0 bridgehead atoms. The van der Waals surface area contributed by atoms with Gasteiger partial charge in [-0.25, -0.2) is 0 Å². The van der Waals surface area contributed by atoms with Crippen LogP contribution >= 0.6 is 23.2 Å². The molecular weight excluding hydrogens is 429 g/mol. The topological polar surface area (TPSA) is 72.9 Å². The summed E-state index contributed by atoms with van der Waals surface area (Å²) in [5.74, 6) is -4.61. The van der Waals surface area contributed by atoms with E-state index in [-0.39, 0.29) is 0 Å². The van der Waals surface area contributed by atoms with Crippen LogP contribution in [0.5, 0.6) is 0 Å². The summed E-state index contributed by atoms with van der Waals surface area (Å²) in [5.41, 5.74) is 1.15. The highest BCUT2D eigenvalue weighted by atomic mass is 35.5. The van der Waals surface area contributed by atoms with Gasteiger partial charge in [-0.05, 0) is 30.3 Å². The van der Waals surface area contributed by atoms with Crippen molar-refractivity contribution in [1.29, 1.82) is 0 Å². The van der Waals surface area contributed by atoms with Crippen molar-refractivity contribution < 1.29 is 23.9 Å². The predicted molar refractivity (Wildman–Crippen MR) is 112 cm³/mol. The Morgan fingerprint density at radius 3 is 1.50 bits per heavy atom. The number of benzene rings is 2. The first kappa shape index (κ1) is 22.3. The highest BCUT2D eigenvalue weighted by Gasteiger charge is 2.55. The summed E-state index contributed by atoms with van der Waals surface area (Å²) in [4.78, 5) is 40.7. The summed E-state index contributed by atoms with van der Waals surface area (Å²) >= 11 is 12.9.